The van der Waals surface area contributed by atoms with Gasteiger partial charge in [-0.3, -0.25) is 9.78 Å². The highest BCUT2D eigenvalue weighted by atomic mass is 79.9. The fourth-order valence-corrected chi connectivity index (χ4v) is 3.32. The van der Waals surface area contributed by atoms with Crippen LogP contribution in [0, 0.1) is 12.7 Å². The molecule has 1 amide bonds. The Bertz CT molecular complexity index is 1270. The molecule has 4 rings (SSSR count). The Hall–Kier alpha value is -3.39. The van der Waals surface area contributed by atoms with Crippen molar-refractivity contribution < 1.29 is 14.3 Å². The summed E-state index contributed by atoms with van der Waals surface area (Å²) >= 11 is 3.37. The van der Waals surface area contributed by atoms with Crippen LogP contribution >= 0.6 is 15.9 Å². The lowest BCUT2D eigenvalue weighted by Crippen LogP contribution is -2.00. The molecule has 2 aromatic carbocycles. The van der Waals surface area contributed by atoms with Gasteiger partial charge in [0.1, 0.15) is 5.82 Å². The number of nitrogens with zero attached hydrogens (tertiary/aromatic N) is 3. The minimum Gasteiger partial charge on any atom is -0.493 e. The van der Waals surface area contributed by atoms with E-state index in [1.807, 2.05) is 6.07 Å². The number of H-pyrrole nitrogens is 1. The summed E-state index contributed by atoms with van der Waals surface area (Å²) in [6.07, 6.45) is 0. The van der Waals surface area contributed by atoms with E-state index in [9.17, 15) is 14.3 Å². The van der Waals surface area contributed by atoms with Crippen molar-refractivity contribution in [2.24, 2.45) is 10.2 Å². The van der Waals surface area contributed by atoms with E-state index in [1.165, 1.54) is 12.1 Å². The second-order valence-electron chi connectivity index (χ2n) is 6.35. The van der Waals surface area contributed by atoms with Crippen molar-refractivity contribution >= 4 is 38.4 Å². The van der Waals surface area contributed by atoms with Crippen LogP contribution < -0.4 is 0 Å². The molecule has 2 heterocycles. The maximum atomic E-state index is 13.1. The van der Waals surface area contributed by atoms with Gasteiger partial charge in [0.2, 0.25) is 5.88 Å². The van der Waals surface area contributed by atoms with Gasteiger partial charge in [-0.15, -0.1) is 10.2 Å². The third-order valence-corrected chi connectivity index (χ3v) is 4.90. The minimum absolute atomic E-state index is 0.170. The number of carbonyl (C=O) groups excluding carboxylic acids is 1. The van der Waals surface area contributed by atoms with Gasteiger partial charge < -0.3 is 10.1 Å². The molecule has 0 saturated carbocycles. The van der Waals surface area contributed by atoms with Crippen LogP contribution in [0.2, 0.25) is 0 Å². The summed E-state index contributed by atoms with van der Waals surface area (Å²) in [6.45, 7) is 1.69. The summed E-state index contributed by atoms with van der Waals surface area (Å²) in [5.41, 5.74) is 2.98. The number of aromatic hydroxyl groups is 1. The zero-order valence-electron chi connectivity index (χ0n) is 15.1. The van der Waals surface area contributed by atoms with Crippen LogP contribution in [-0.2, 0) is 0 Å². The summed E-state index contributed by atoms with van der Waals surface area (Å²) < 4.78 is 13.9. The molecule has 0 unspecified atom stereocenters. The highest BCUT2D eigenvalue weighted by Gasteiger charge is 2.14. The molecule has 6 nitrogen and oxygen atoms in total. The lowest BCUT2D eigenvalue weighted by atomic mass is 10.1. The third kappa shape index (κ3) is 3.79. The van der Waals surface area contributed by atoms with Crippen molar-refractivity contribution in [2.45, 2.75) is 6.92 Å². The normalized spacial score (nSPS) is 11.4. The highest BCUT2D eigenvalue weighted by Crippen LogP contribution is 2.37. The molecule has 4 aromatic rings. The number of nitrogens with one attached hydrogen (secondary N) is 1. The maximum absolute atomic E-state index is 13.1. The summed E-state index contributed by atoms with van der Waals surface area (Å²) in [4.78, 5) is 19.7. The number of rotatable bonds is 3. The Labute approximate surface area is 173 Å². The third-order valence-electron chi connectivity index (χ3n) is 4.41. The molecule has 2 N–H and O–H groups in total. The zero-order valence-corrected chi connectivity index (χ0v) is 16.7. The topological polar surface area (TPSA) is 90.7 Å². The Morgan fingerprint density at radius 3 is 2.62 bits per heavy atom. The van der Waals surface area contributed by atoms with E-state index < -0.39 is 5.91 Å². The van der Waals surface area contributed by atoms with Crippen molar-refractivity contribution in [3.63, 3.8) is 0 Å². The average Bonchev–Trinajstić information content (AvgIpc) is 3.01. The number of pyridine rings is 1. The Balaban J connectivity index is 1.63. The number of fused-ring (bicyclic) bond motifs is 1. The average molecular weight is 453 g/mol. The quantitative estimate of drug-likeness (QED) is 0.369. The molecular weight excluding hydrogens is 439 g/mol. The van der Waals surface area contributed by atoms with E-state index in [-0.39, 0.29) is 17.4 Å². The lowest BCUT2D eigenvalue weighted by Gasteiger charge is -2.05. The number of amides is 1. The molecule has 0 atom stereocenters. The Morgan fingerprint density at radius 1 is 1.14 bits per heavy atom. The Kier molecular flexibility index (Phi) is 4.94. The van der Waals surface area contributed by atoms with Crippen LogP contribution in [0.5, 0.6) is 5.88 Å². The second kappa shape index (κ2) is 7.56. The van der Waals surface area contributed by atoms with Crippen molar-refractivity contribution in [1.82, 2.24) is 9.97 Å². The second-order valence-corrected chi connectivity index (χ2v) is 7.27. The van der Waals surface area contributed by atoms with Gasteiger partial charge in [-0.1, -0.05) is 15.9 Å². The predicted molar refractivity (Wildman–Crippen MR) is 111 cm³/mol. The van der Waals surface area contributed by atoms with Crippen LogP contribution in [0.3, 0.4) is 0 Å². The smallest absolute Gasteiger partial charge is 0.297 e. The first kappa shape index (κ1) is 18.9. The van der Waals surface area contributed by atoms with Crippen LogP contribution in [0.25, 0.3) is 22.2 Å². The van der Waals surface area contributed by atoms with Crippen LogP contribution in [0.15, 0.2) is 69.3 Å². The molecule has 0 bridgehead atoms. The van der Waals surface area contributed by atoms with Crippen molar-refractivity contribution in [3.05, 3.63) is 76.1 Å². The van der Waals surface area contributed by atoms with Crippen LogP contribution in [-0.4, -0.2) is 21.0 Å². The van der Waals surface area contributed by atoms with E-state index in [0.29, 0.717) is 27.9 Å². The largest absolute Gasteiger partial charge is 0.493 e. The lowest BCUT2D eigenvalue weighted by molar-refractivity contribution is 0.0994. The Morgan fingerprint density at radius 2 is 1.90 bits per heavy atom. The fourth-order valence-electron chi connectivity index (χ4n) is 2.95. The van der Waals surface area contributed by atoms with Gasteiger partial charge in [0.25, 0.3) is 5.91 Å². The monoisotopic (exact) mass is 452 g/mol. The van der Waals surface area contributed by atoms with Crippen molar-refractivity contribution in [3.8, 4) is 17.1 Å². The van der Waals surface area contributed by atoms with Crippen LogP contribution in [0.1, 0.15) is 16.1 Å². The number of carbonyl (C=O) groups is 1. The van der Waals surface area contributed by atoms with Crippen molar-refractivity contribution in [1.29, 1.82) is 0 Å². The van der Waals surface area contributed by atoms with E-state index >= 15 is 0 Å². The van der Waals surface area contributed by atoms with Crippen LogP contribution in [0.4, 0.5) is 10.1 Å². The fraction of sp³-hybridized carbons (Fsp3) is 0.0476. The molecule has 0 fully saturated rings. The molecule has 29 heavy (non-hydrogen) atoms. The van der Waals surface area contributed by atoms with Gasteiger partial charge in [0.15, 0.2) is 5.69 Å². The summed E-state index contributed by atoms with van der Waals surface area (Å²) in [6, 6.07) is 14.6. The summed E-state index contributed by atoms with van der Waals surface area (Å²) in [5, 5.41) is 18.4. The number of hydrogen-bond donors (Lipinski definition) is 2. The summed E-state index contributed by atoms with van der Waals surface area (Å²) in [7, 11) is 0. The van der Waals surface area contributed by atoms with Crippen molar-refractivity contribution in [2.75, 3.05) is 0 Å². The predicted octanol–water partition coefficient (Wildman–Crippen LogP) is 6.07. The number of aryl methyl sites for hydroxylation is 1. The van der Waals surface area contributed by atoms with E-state index in [1.54, 1.807) is 43.3 Å². The minimum atomic E-state index is -0.579. The number of hydrogen-bond acceptors (Lipinski definition) is 4. The molecule has 0 saturated heterocycles. The highest BCUT2D eigenvalue weighted by molar-refractivity contribution is 9.10. The number of aromatic nitrogens is 2. The first-order valence-corrected chi connectivity index (χ1v) is 9.41. The molecular formula is C21H14BrFN4O2. The SMILES string of the molecule is Cc1nc(-c2ccc(F)cc2)ccc1C(=O)N=Nc1c(O)[nH]c2ccc(Br)cc12. The standard InChI is InChI=1S/C21H14BrFN4O2/c1-11-15(7-9-17(24-11)12-2-5-14(23)6-3-12)20(28)27-26-19-16-10-13(22)4-8-18(16)25-21(19)29/h2-10,25,29H,1H3. The van der Waals surface area contributed by atoms with Gasteiger partial charge in [-0.25, -0.2) is 4.39 Å². The van der Waals surface area contributed by atoms with Gasteiger partial charge >= 0.3 is 0 Å². The van der Waals surface area contributed by atoms with Gasteiger partial charge in [0, 0.05) is 15.4 Å². The van der Waals surface area contributed by atoms with Gasteiger partial charge in [-0.05, 0) is 61.5 Å². The first-order valence-electron chi connectivity index (χ1n) is 8.62. The van der Waals surface area contributed by atoms with E-state index in [2.05, 4.69) is 36.1 Å². The molecule has 0 radical (unpaired) electrons. The molecule has 144 valence electrons. The molecule has 0 spiro atoms. The number of azo groups is 1. The van der Waals surface area contributed by atoms with E-state index in [0.717, 1.165) is 10.0 Å². The summed E-state index contributed by atoms with van der Waals surface area (Å²) in [5.74, 6) is -1.08. The number of aromatic amines is 1. The zero-order chi connectivity index (χ0) is 20.5. The molecule has 0 aliphatic heterocycles. The van der Waals surface area contributed by atoms with Gasteiger partial charge in [0.05, 0.1) is 22.5 Å². The number of halogens is 2. The molecule has 0 aliphatic carbocycles. The maximum Gasteiger partial charge on any atom is 0.297 e. The molecule has 8 heteroatoms. The molecule has 0 aliphatic rings. The van der Waals surface area contributed by atoms with E-state index in [4.69, 9.17) is 0 Å². The number of benzene rings is 2. The first-order chi connectivity index (χ1) is 13.9. The molecule has 2 aromatic heterocycles. The van der Waals surface area contributed by atoms with Gasteiger partial charge in [-0.2, -0.15) is 0 Å².